The lowest BCUT2D eigenvalue weighted by molar-refractivity contribution is -0.140. The van der Waals surface area contributed by atoms with Crippen LogP contribution in [-0.4, -0.2) is 17.4 Å². The molecular weight excluding hydrogens is 403 g/mol. The number of amides is 1. The first-order valence-electron chi connectivity index (χ1n) is 8.95. The van der Waals surface area contributed by atoms with Gasteiger partial charge in [0.15, 0.2) is 10.8 Å². The van der Waals surface area contributed by atoms with E-state index < -0.39 is 11.9 Å². The van der Waals surface area contributed by atoms with Crippen molar-refractivity contribution in [1.82, 2.24) is 10.3 Å². The Balaban J connectivity index is 1.56. The quantitative estimate of drug-likeness (QED) is 0.525. The zero-order valence-electron chi connectivity index (χ0n) is 15.8. The summed E-state index contributed by atoms with van der Waals surface area (Å²) >= 11 is 0.881. The standard InChI is InChI=1S/C20H20F3N3O2S/c1-12(16-4-3-9-28-16)10-24-18(27)13(2)14-5-7-15(8-6-14)25-19-26-17(11-29-19)20(21,22)23/h3-9,11-13H,10H2,1-2H3,(H,24,27)(H,25,26). The molecule has 0 fully saturated rings. The van der Waals surface area contributed by atoms with Crippen LogP contribution in [-0.2, 0) is 11.0 Å². The lowest BCUT2D eigenvalue weighted by Crippen LogP contribution is -2.31. The highest BCUT2D eigenvalue weighted by Gasteiger charge is 2.33. The van der Waals surface area contributed by atoms with E-state index in [1.165, 1.54) is 0 Å². The highest BCUT2D eigenvalue weighted by Crippen LogP contribution is 2.32. The fourth-order valence-electron chi connectivity index (χ4n) is 2.67. The molecule has 2 unspecified atom stereocenters. The number of benzene rings is 1. The van der Waals surface area contributed by atoms with Crippen LogP contribution in [0.2, 0.25) is 0 Å². The van der Waals surface area contributed by atoms with Gasteiger partial charge in [0, 0.05) is 23.5 Å². The van der Waals surface area contributed by atoms with Crippen molar-refractivity contribution in [3.63, 3.8) is 0 Å². The largest absolute Gasteiger partial charge is 0.469 e. The minimum atomic E-state index is -4.46. The zero-order valence-corrected chi connectivity index (χ0v) is 16.6. The van der Waals surface area contributed by atoms with Crippen molar-refractivity contribution in [1.29, 1.82) is 0 Å². The molecule has 2 aromatic heterocycles. The van der Waals surface area contributed by atoms with Gasteiger partial charge in [0.1, 0.15) is 5.76 Å². The molecule has 3 aromatic rings. The normalized spacial score (nSPS) is 13.7. The zero-order chi connectivity index (χ0) is 21.0. The van der Waals surface area contributed by atoms with E-state index >= 15 is 0 Å². The van der Waals surface area contributed by atoms with Gasteiger partial charge in [-0.05, 0) is 36.8 Å². The number of alkyl halides is 3. The molecular formula is C20H20F3N3O2S. The van der Waals surface area contributed by atoms with E-state index in [9.17, 15) is 18.0 Å². The van der Waals surface area contributed by atoms with Crippen molar-refractivity contribution < 1.29 is 22.4 Å². The van der Waals surface area contributed by atoms with Gasteiger partial charge in [0.2, 0.25) is 5.91 Å². The molecule has 0 saturated carbocycles. The topological polar surface area (TPSA) is 67.2 Å². The summed E-state index contributed by atoms with van der Waals surface area (Å²) in [6.45, 7) is 4.22. The average Bonchev–Trinajstić information content (AvgIpc) is 3.37. The Labute approximate surface area is 170 Å². The molecule has 1 amide bonds. The minimum Gasteiger partial charge on any atom is -0.469 e. The number of hydrogen-bond acceptors (Lipinski definition) is 5. The monoisotopic (exact) mass is 423 g/mol. The van der Waals surface area contributed by atoms with Crippen LogP contribution in [0.3, 0.4) is 0 Å². The first-order chi connectivity index (χ1) is 13.7. The number of rotatable bonds is 7. The molecule has 9 heteroatoms. The van der Waals surface area contributed by atoms with E-state index in [1.807, 2.05) is 19.1 Å². The molecule has 0 aliphatic rings. The van der Waals surface area contributed by atoms with Crippen molar-refractivity contribution >= 4 is 28.1 Å². The van der Waals surface area contributed by atoms with Gasteiger partial charge >= 0.3 is 6.18 Å². The Hall–Kier alpha value is -2.81. The highest BCUT2D eigenvalue weighted by atomic mass is 32.1. The first-order valence-corrected chi connectivity index (χ1v) is 9.83. The third-order valence-corrected chi connectivity index (χ3v) is 5.22. The third-order valence-electron chi connectivity index (χ3n) is 4.46. The second-order valence-corrected chi connectivity index (χ2v) is 7.52. The van der Waals surface area contributed by atoms with Crippen LogP contribution in [0.15, 0.2) is 52.5 Å². The maximum atomic E-state index is 12.6. The maximum absolute atomic E-state index is 12.6. The van der Waals surface area contributed by atoms with E-state index in [0.717, 1.165) is 28.0 Å². The van der Waals surface area contributed by atoms with E-state index in [-0.39, 0.29) is 22.9 Å². The van der Waals surface area contributed by atoms with Crippen LogP contribution in [0.25, 0.3) is 0 Å². The highest BCUT2D eigenvalue weighted by molar-refractivity contribution is 7.13. The molecule has 29 heavy (non-hydrogen) atoms. The number of carbonyl (C=O) groups is 1. The van der Waals surface area contributed by atoms with Crippen LogP contribution < -0.4 is 10.6 Å². The Morgan fingerprint density at radius 1 is 1.21 bits per heavy atom. The number of nitrogens with one attached hydrogen (secondary N) is 2. The van der Waals surface area contributed by atoms with Crippen molar-refractivity contribution in [3.8, 4) is 0 Å². The van der Waals surface area contributed by atoms with Gasteiger partial charge in [0.25, 0.3) is 0 Å². The molecule has 0 bridgehead atoms. The SMILES string of the molecule is CC(CNC(=O)C(C)c1ccc(Nc2nc(C(F)(F)F)cs2)cc1)c1ccco1. The molecule has 1 aromatic carbocycles. The molecule has 0 aliphatic heterocycles. The van der Waals surface area contributed by atoms with Gasteiger partial charge in [-0.1, -0.05) is 19.1 Å². The smallest absolute Gasteiger partial charge is 0.434 e. The molecule has 2 N–H and O–H groups in total. The molecule has 0 saturated heterocycles. The fourth-order valence-corrected chi connectivity index (χ4v) is 3.41. The first kappa shape index (κ1) is 20.9. The molecule has 2 heterocycles. The summed E-state index contributed by atoms with van der Waals surface area (Å²) in [7, 11) is 0. The van der Waals surface area contributed by atoms with Crippen molar-refractivity contribution in [3.05, 3.63) is 65.1 Å². The van der Waals surface area contributed by atoms with Gasteiger partial charge < -0.3 is 15.1 Å². The molecule has 154 valence electrons. The second kappa shape index (κ2) is 8.69. The summed E-state index contributed by atoms with van der Waals surface area (Å²) in [5.41, 5.74) is 0.473. The number of carbonyl (C=O) groups excluding carboxylic acids is 1. The Morgan fingerprint density at radius 2 is 1.93 bits per heavy atom. The second-order valence-electron chi connectivity index (χ2n) is 6.67. The summed E-state index contributed by atoms with van der Waals surface area (Å²) in [5.74, 6) is 0.389. The van der Waals surface area contributed by atoms with Crippen LogP contribution in [0.1, 0.15) is 42.7 Å². The van der Waals surface area contributed by atoms with Gasteiger partial charge in [-0.15, -0.1) is 11.3 Å². The summed E-state index contributed by atoms with van der Waals surface area (Å²) < 4.78 is 43.2. The molecule has 5 nitrogen and oxygen atoms in total. The van der Waals surface area contributed by atoms with Crippen molar-refractivity contribution in [2.45, 2.75) is 31.9 Å². The van der Waals surface area contributed by atoms with Gasteiger partial charge in [-0.3, -0.25) is 4.79 Å². The van der Waals surface area contributed by atoms with Crippen molar-refractivity contribution in [2.24, 2.45) is 0 Å². The number of aromatic nitrogens is 1. The molecule has 0 radical (unpaired) electrons. The molecule has 0 spiro atoms. The summed E-state index contributed by atoms with van der Waals surface area (Å²) in [4.78, 5) is 16.0. The van der Waals surface area contributed by atoms with Gasteiger partial charge in [-0.25, -0.2) is 4.98 Å². The number of hydrogen-bond donors (Lipinski definition) is 2. The Morgan fingerprint density at radius 3 is 2.52 bits per heavy atom. The third kappa shape index (κ3) is 5.38. The number of thiazole rings is 1. The number of nitrogens with zero attached hydrogens (tertiary/aromatic N) is 1. The minimum absolute atomic E-state index is 0.0626. The van der Waals surface area contributed by atoms with Crippen LogP contribution in [0.4, 0.5) is 24.0 Å². The number of furan rings is 1. The maximum Gasteiger partial charge on any atom is 0.434 e. The molecule has 2 atom stereocenters. The van der Waals surface area contributed by atoms with Crippen LogP contribution in [0, 0.1) is 0 Å². The predicted molar refractivity (Wildman–Crippen MR) is 105 cm³/mol. The number of halogens is 3. The molecule has 0 aliphatic carbocycles. The lowest BCUT2D eigenvalue weighted by atomic mass is 9.99. The van der Waals surface area contributed by atoms with E-state index in [1.54, 1.807) is 37.5 Å². The summed E-state index contributed by atoms with van der Waals surface area (Å²) in [6, 6.07) is 10.6. The van der Waals surface area contributed by atoms with Gasteiger partial charge in [-0.2, -0.15) is 13.2 Å². The van der Waals surface area contributed by atoms with E-state index in [0.29, 0.717) is 12.2 Å². The Bertz CT molecular complexity index is 937. The van der Waals surface area contributed by atoms with E-state index in [2.05, 4.69) is 15.6 Å². The van der Waals surface area contributed by atoms with Crippen LogP contribution in [0.5, 0.6) is 0 Å². The molecule has 3 rings (SSSR count). The van der Waals surface area contributed by atoms with Crippen molar-refractivity contribution in [2.75, 3.05) is 11.9 Å². The average molecular weight is 423 g/mol. The summed E-state index contributed by atoms with van der Waals surface area (Å²) in [6.07, 6.45) is -2.86. The van der Waals surface area contributed by atoms with E-state index in [4.69, 9.17) is 4.42 Å². The Kier molecular flexibility index (Phi) is 6.26. The predicted octanol–water partition coefficient (Wildman–Crippen LogP) is 5.52. The fraction of sp³-hybridized carbons (Fsp3) is 0.300. The van der Waals surface area contributed by atoms with Crippen LogP contribution >= 0.6 is 11.3 Å². The lowest BCUT2D eigenvalue weighted by Gasteiger charge is -2.15. The van der Waals surface area contributed by atoms with Gasteiger partial charge in [0.05, 0.1) is 12.2 Å². The number of anilines is 2. The summed E-state index contributed by atoms with van der Waals surface area (Å²) in [5, 5.41) is 6.88.